The highest BCUT2D eigenvalue weighted by atomic mass is 32.1. The quantitative estimate of drug-likeness (QED) is 0.491. The molecule has 0 radical (unpaired) electrons. The number of primary amides is 1. The van der Waals surface area contributed by atoms with E-state index in [9.17, 15) is 9.59 Å². The third-order valence-electron chi connectivity index (χ3n) is 3.79. The molecule has 0 saturated carbocycles. The van der Waals surface area contributed by atoms with Gasteiger partial charge >= 0.3 is 0 Å². The highest BCUT2D eigenvalue weighted by Gasteiger charge is 2.15. The Morgan fingerprint density at radius 3 is 2.36 bits per heavy atom. The van der Waals surface area contributed by atoms with Crippen molar-refractivity contribution in [1.29, 1.82) is 0 Å². The van der Waals surface area contributed by atoms with Gasteiger partial charge in [-0.25, -0.2) is 5.43 Å². The maximum absolute atomic E-state index is 12.2. The number of hydrogen-bond acceptors (Lipinski definition) is 7. The van der Waals surface area contributed by atoms with E-state index in [1.807, 2.05) is 13.0 Å². The first-order valence-corrected chi connectivity index (χ1v) is 9.31. The fourth-order valence-corrected chi connectivity index (χ4v) is 3.47. The van der Waals surface area contributed by atoms with E-state index in [0.717, 1.165) is 12.0 Å². The van der Waals surface area contributed by atoms with Crippen LogP contribution in [0.4, 0.5) is 0 Å². The predicted octanol–water partition coefficient (Wildman–Crippen LogP) is 2.26. The Balaban J connectivity index is 2.15. The lowest BCUT2D eigenvalue weighted by Crippen LogP contribution is -2.20. The summed E-state index contributed by atoms with van der Waals surface area (Å²) in [6.07, 6.45) is 2.35. The number of carbonyl (C=O) groups is 2. The molecule has 0 saturated heterocycles. The summed E-state index contributed by atoms with van der Waals surface area (Å²) in [6.45, 7) is 3.72. The van der Waals surface area contributed by atoms with Gasteiger partial charge in [0.15, 0.2) is 18.1 Å². The second-order valence-electron chi connectivity index (χ2n) is 5.78. The Morgan fingerprint density at radius 1 is 1.21 bits per heavy atom. The lowest BCUT2D eigenvalue weighted by molar-refractivity contribution is -0.120. The van der Waals surface area contributed by atoms with Crippen LogP contribution in [-0.4, -0.2) is 38.9 Å². The lowest BCUT2D eigenvalue weighted by atomic mass is 10.2. The summed E-state index contributed by atoms with van der Waals surface area (Å²) in [5, 5.41) is 3.99. The zero-order valence-corrected chi connectivity index (χ0v) is 17.0. The first kappa shape index (κ1) is 21.2. The van der Waals surface area contributed by atoms with Gasteiger partial charge in [0.1, 0.15) is 0 Å². The number of nitrogens with two attached hydrogens (primary N) is 1. The minimum Gasteiger partial charge on any atom is -0.493 e. The maximum atomic E-state index is 12.2. The third-order valence-corrected chi connectivity index (χ3v) is 5.17. The molecule has 0 unspecified atom stereocenters. The molecular formula is C19H23N3O5S. The molecule has 1 heterocycles. The number of rotatable bonds is 9. The van der Waals surface area contributed by atoms with Gasteiger partial charge in [0, 0.05) is 10.4 Å². The molecule has 2 rings (SSSR count). The Labute approximate surface area is 167 Å². The van der Waals surface area contributed by atoms with E-state index < -0.39 is 5.91 Å². The van der Waals surface area contributed by atoms with Crippen molar-refractivity contribution >= 4 is 29.4 Å². The van der Waals surface area contributed by atoms with E-state index in [1.165, 1.54) is 36.6 Å². The van der Waals surface area contributed by atoms with Crippen LogP contribution in [-0.2, 0) is 11.2 Å². The number of thiophene rings is 1. The Morgan fingerprint density at radius 2 is 1.86 bits per heavy atom. The van der Waals surface area contributed by atoms with Gasteiger partial charge in [0.2, 0.25) is 5.75 Å². The van der Waals surface area contributed by atoms with Gasteiger partial charge in [0.25, 0.3) is 11.8 Å². The van der Waals surface area contributed by atoms with Gasteiger partial charge in [-0.05, 0) is 37.1 Å². The van der Waals surface area contributed by atoms with Crippen molar-refractivity contribution in [3.8, 4) is 17.2 Å². The van der Waals surface area contributed by atoms with Crippen molar-refractivity contribution in [3.05, 3.63) is 39.1 Å². The number of ether oxygens (including phenoxy) is 3. The first-order valence-electron chi connectivity index (χ1n) is 8.49. The summed E-state index contributed by atoms with van der Waals surface area (Å²) in [7, 11) is 2.91. The molecule has 28 heavy (non-hydrogen) atoms. The Bertz CT molecular complexity index is 867. The van der Waals surface area contributed by atoms with Crippen LogP contribution in [0.3, 0.4) is 0 Å². The molecule has 0 spiro atoms. The molecule has 0 bridgehead atoms. The molecule has 150 valence electrons. The molecule has 2 amide bonds. The average molecular weight is 405 g/mol. The minimum atomic E-state index is -0.618. The molecule has 0 aliphatic carbocycles. The molecule has 3 N–H and O–H groups in total. The zero-order chi connectivity index (χ0) is 20.7. The zero-order valence-electron chi connectivity index (χ0n) is 16.2. The third kappa shape index (κ3) is 5.23. The first-order chi connectivity index (χ1) is 13.4. The second-order valence-corrected chi connectivity index (χ2v) is 6.92. The van der Waals surface area contributed by atoms with Crippen LogP contribution in [0.1, 0.15) is 32.6 Å². The number of amides is 2. The molecule has 1 aromatic heterocycles. The number of carbonyl (C=O) groups excluding carboxylic acids is 2. The molecule has 0 aliphatic heterocycles. The van der Waals surface area contributed by atoms with Gasteiger partial charge in [-0.2, -0.15) is 5.10 Å². The number of nitrogens with zero attached hydrogens (tertiary/aromatic N) is 1. The predicted molar refractivity (Wildman–Crippen MR) is 108 cm³/mol. The average Bonchev–Trinajstić information content (AvgIpc) is 3.06. The largest absolute Gasteiger partial charge is 0.493 e. The normalized spacial score (nSPS) is 10.7. The van der Waals surface area contributed by atoms with Crippen molar-refractivity contribution in [2.75, 3.05) is 20.8 Å². The lowest BCUT2D eigenvalue weighted by Gasteiger charge is -2.14. The molecule has 2 aromatic rings. The summed E-state index contributed by atoms with van der Waals surface area (Å²) in [5.74, 6) is 0.0488. The van der Waals surface area contributed by atoms with Crippen LogP contribution in [0.15, 0.2) is 23.3 Å². The van der Waals surface area contributed by atoms with Crippen molar-refractivity contribution in [2.45, 2.75) is 20.3 Å². The summed E-state index contributed by atoms with van der Waals surface area (Å²) in [5.41, 5.74) is 9.33. The Kier molecular flexibility index (Phi) is 7.39. The van der Waals surface area contributed by atoms with Crippen LogP contribution >= 0.6 is 11.3 Å². The van der Waals surface area contributed by atoms with Crippen LogP contribution in [0.2, 0.25) is 0 Å². The van der Waals surface area contributed by atoms with E-state index >= 15 is 0 Å². The summed E-state index contributed by atoms with van der Waals surface area (Å²) in [4.78, 5) is 25.0. The van der Waals surface area contributed by atoms with Crippen molar-refractivity contribution in [3.63, 3.8) is 0 Å². The minimum absolute atomic E-state index is 0.256. The Hall–Kier alpha value is -3.07. The smallest absolute Gasteiger partial charge is 0.281 e. The van der Waals surface area contributed by atoms with Crippen LogP contribution in [0.25, 0.3) is 0 Å². The van der Waals surface area contributed by atoms with Gasteiger partial charge in [0.05, 0.1) is 25.3 Å². The number of aryl methyl sites for hydroxylation is 2. The highest BCUT2D eigenvalue weighted by molar-refractivity contribution is 7.14. The van der Waals surface area contributed by atoms with E-state index in [2.05, 4.69) is 17.5 Å². The number of hydrogen-bond donors (Lipinski definition) is 2. The second kappa shape index (κ2) is 9.75. The number of benzene rings is 1. The van der Waals surface area contributed by atoms with Gasteiger partial charge < -0.3 is 19.9 Å². The fraction of sp³-hybridized carbons (Fsp3) is 0.316. The topological polar surface area (TPSA) is 112 Å². The highest BCUT2D eigenvalue weighted by Crippen LogP contribution is 2.38. The van der Waals surface area contributed by atoms with E-state index in [4.69, 9.17) is 19.9 Å². The van der Waals surface area contributed by atoms with Crippen LogP contribution in [0.5, 0.6) is 17.2 Å². The van der Waals surface area contributed by atoms with Crippen molar-refractivity contribution < 1.29 is 23.8 Å². The summed E-state index contributed by atoms with van der Waals surface area (Å²) < 4.78 is 15.9. The molecule has 8 nitrogen and oxygen atoms in total. The standard InChI is InChI=1S/C19H23N3O5S/c1-5-15-11(2)6-16(28-15)19(24)22-21-9-12-7-13(25-3)18(14(8-12)26-4)27-10-17(20)23/h6-9H,5,10H2,1-4H3,(H2,20,23)(H,22,24)/b21-9-. The summed E-state index contributed by atoms with van der Waals surface area (Å²) >= 11 is 1.46. The molecule has 0 aliphatic rings. The molecule has 1 aromatic carbocycles. The van der Waals surface area contributed by atoms with E-state index in [-0.39, 0.29) is 18.3 Å². The van der Waals surface area contributed by atoms with E-state index in [0.29, 0.717) is 21.9 Å². The molecule has 9 heteroatoms. The van der Waals surface area contributed by atoms with E-state index in [1.54, 1.807) is 12.1 Å². The number of methoxy groups -OCH3 is 2. The SMILES string of the molecule is CCc1sc(C(=O)N/N=C\c2cc(OC)c(OCC(N)=O)c(OC)c2)cc1C. The van der Waals surface area contributed by atoms with Crippen molar-refractivity contribution in [2.24, 2.45) is 10.8 Å². The monoisotopic (exact) mass is 405 g/mol. The fourth-order valence-electron chi connectivity index (χ4n) is 2.46. The maximum Gasteiger partial charge on any atom is 0.281 e. The van der Waals surface area contributed by atoms with Crippen molar-refractivity contribution in [1.82, 2.24) is 5.43 Å². The van der Waals surface area contributed by atoms with Crippen LogP contribution < -0.4 is 25.4 Å². The van der Waals surface area contributed by atoms with Gasteiger partial charge in [-0.3, -0.25) is 9.59 Å². The number of hydrazone groups is 1. The molecule has 0 atom stereocenters. The van der Waals surface area contributed by atoms with Gasteiger partial charge in [-0.15, -0.1) is 11.3 Å². The summed E-state index contributed by atoms with van der Waals surface area (Å²) in [6, 6.07) is 5.13. The molecular weight excluding hydrogens is 382 g/mol. The number of nitrogens with one attached hydrogen (secondary N) is 1. The van der Waals surface area contributed by atoms with Crippen LogP contribution in [0, 0.1) is 6.92 Å². The van der Waals surface area contributed by atoms with Gasteiger partial charge in [-0.1, -0.05) is 6.92 Å². The molecule has 0 fully saturated rings.